The maximum Gasteiger partial charge on any atom is 0.255 e. The van der Waals surface area contributed by atoms with E-state index >= 15 is 0 Å². The van der Waals surface area contributed by atoms with Gasteiger partial charge in [-0.3, -0.25) is 9.36 Å². The molecule has 1 heterocycles. The summed E-state index contributed by atoms with van der Waals surface area (Å²) < 4.78 is 6.85. The lowest BCUT2D eigenvalue weighted by molar-refractivity contribution is 0.101. The zero-order chi connectivity index (χ0) is 11.7. The Morgan fingerprint density at radius 3 is 2.94 bits per heavy atom. The molecule has 0 radical (unpaired) electrons. The summed E-state index contributed by atoms with van der Waals surface area (Å²) in [6.07, 6.45) is 2.18. The molecule has 1 atom stereocenters. The number of hydrogen-bond acceptors (Lipinski definition) is 3. The van der Waals surface area contributed by atoms with E-state index in [1.54, 1.807) is 11.7 Å². The SMILES string of the molecule is COC(C)Cn1c(C2CC2)nc(Cl)cc1=O. The fourth-order valence-corrected chi connectivity index (χ4v) is 1.84. The fourth-order valence-electron chi connectivity index (χ4n) is 1.66. The largest absolute Gasteiger partial charge is 0.380 e. The van der Waals surface area contributed by atoms with Crippen LogP contribution in [0.5, 0.6) is 0 Å². The second-order valence-electron chi connectivity index (χ2n) is 4.21. The van der Waals surface area contributed by atoms with Crippen molar-refractivity contribution in [1.82, 2.24) is 9.55 Å². The van der Waals surface area contributed by atoms with Gasteiger partial charge in [0.25, 0.3) is 5.56 Å². The fraction of sp³-hybridized carbons (Fsp3) is 0.636. The molecule has 0 saturated heterocycles. The Labute approximate surface area is 99.2 Å². The second-order valence-corrected chi connectivity index (χ2v) is 4.59. The number of ether oxygens (including phenoxy) is 1. The summed E-state index contributed by atoms with van der Waals surface area (Å²) in [5.74, 6) is 1.21. The van der Waals surface area contributed by atoms with Gasteiger partial charge in [0.1, 0.15) is 11.0 Å². The van der Waals surface area contributed by atoms with Gasteiger partial charge in [-0.25, -0.2) is 4.98 Å². The summed E-state index contributed by atoms with van der Waals surface area (Å²) in [4.78, 5) is 16.1. The molecule has 0 bridgehead atoms. The van der Waals surface area contributed by atoms with Crippen LogP contribution in [0.4, 0.5) is 0 Å². The molecule has 0 aliphatic heterocycles. The van der Waals surface area contributed by atoms with E-state index < -0.39 is 0 Å². The zero-order valence-corrected chi connectivity index (χ0v) is 10.2. The smallest absolute Gasteiger partial charge is 0.255 e. The van der Waals surface area contributed by atoms with Crippen molar-refractivity contribution >= 4 is 11.6 Å². The maximum absolute atomic E-state index is 11.8. The highest BCUT2D eigenvalue weighted by Crippen LogP contribution is 2.38. The van der Waals surface area contributed by atoms with Crippen LogP contribution in [0.2, 0.25) is 5.15 Å². The molecular weight excluding hydrogens is 228 g/mol. The Hall–Kier alpha value is -0.870. The lowest BCUT2D eigenvalue weighted by Crippen LogP contribution is -2.29. The summed E-state index contributed by atoms with van der Waals surface area (Å²) in [7, 11) is 1.63. The van der Waals surface area contributed by atoms with Crippen LogP contribution >= 0.6 is 11.6 Å². The van der Waals surface area contributed by atoms with E-state index in [0.717, 1.165) is 18.7 Å². The number of hydrogen-bond donors (Lipinski definition) is 0. The standard InChI is InChI=1S/C11H15ClN2O2/c1-7(16-2)6-14-10(15)5-9(12)13-11(14)8-3-4-8/h5,7-8H,3-4,6H2,1-2H3. The van der Waals surface area contributed by atoms with Crippen LogP contribution in [0.3, 0.4) is 0 Å². The number of halogens is 1. The van der Waals surface area contributed by atoms with E-state index in [4.69, 9.17) is 16.3 Å². The third kappa shape index (κ3) is 2.44. The number of nitrogens with zero attached hydrogens (tertiary/aromatic N) is 2. The van der Waals surface area contributed by atoms with Gasteiger partial charge in [0, 0.05) is 19.1 Å². The lowest BCUT2D eigenvalue weighted by Gasteiger charge is -2.15. The summed E-state index contributed by atoms with van der Waals surface area (Å²) in [5.41, 5.74) is -0.0919. The van der Waals surface area contributed by atoms with Gasteiger partial charge in [-0.15, -0.1) is 0 Å². The monoisotopic (exact) mass is 242 g/mol. The van der Waals surface area contributed by atoms with E-state index in [0.29, 0.717) is 12.5 Å². The van der Waals surface area contributed by atoms with Crippen molar-refractivity contribution in [1.29, 1.82) is 0 Å². The van der Waals surface area contributed by atoms with E-state index in [-0.39, 0.29) is 16.8 Å². The van der Waals surface area contributed by atoms with Gasteiger partial charge in [0.15, 0.2) is 0 Å². The first-order valence-corrected chi connectivity index (χ1v) is 5.79. The first-order valence-electron chi connectivity index (χ1n) is 5.42. The quantitative estimate of drug-likeness (QED) is 0.757. The van der Waals surface area contributed by atoms with Gasteiger partial charge < -0.3 is 4.74 Å². The van der Waals surface area contributed by atoms with Crippen molar-refractivity contribution in [2.45, 2.75) is 38.3 Å². The third-order valence-electron chi connectivity index (χ3n) is 2.79. The highest BCUT2D eigenvalue weighted by molar-refractivity contribution is 6.29. The third-order valence-corrected chi connectivity index (χ3v) is 2.98. The molecule has 2 rings (SSSR count). The highest BCUT2D eigenvalue weighted by atomic mass is 35.5. The molecule has 1 aliphatic rings. The Morgan fingerprint density at radius 2 is 2.38 bits per heavy atom. The van der Waals surface area contributed by atoms with E-state index in [1.807, 2.05) is 6.92 Å². The van der Waals surface area contributed by atoms with Crippen LogP contribution in [-0.4, -0.2) is 22.8 Å². The van der Waals surface area contributed by atoms with Crippen LogP contribution in [0.15, 0.2) is 10.9 Å². The van der Waals surface area contributed by atoms with Gasteiger partial charge in [0.05, 0.1) is 12.6 Å². The van der Waals surface area contributed by atoms with E-state index in [9.17, 15) is 4.79 Å². The molecule has 1 aromatic heterocycles. The van der Waals surface area contributed by atoms with Crippen LogP contribution in [0.1, 0.15) is 31.5 Å². The normalized spacial score (nSPS) is 17.4. The molecule has 0 spiro atoms. The van der Waals surface area contributed by atoms with Gasteiger partial charge in [-0.05, 0) is 19.8 Å². The highest BCUT2D eigenvalue weighted by Gasteiger charge is 2.29. The maximum atomic E-state index is 11.8. The molecule has 88 valence electrons. The summed E-state index contributed by atoms with van der Waals surface area (Å²) >= 11 is 5.81. The minimum atomic E-state index is -0.0919. The van der Waals surface area contributed by atoms with Crippen LogP contribution in [-0.2, 0) is 11.3 Å². The molecule has 1 aliphatic carbocycles. The summed E-state index contributed by atoms with van der Waals surface area (Å²) in [6, 6.07) is 1.36. The predicted molar refractivity (Wildman–Crippen MR) is 62.0 cm³/mol. The van der Waals surface area contributed by atoms with Crippen molar-refractivity contribution in [3.05, 3.63) is 27.4 Å². The van der Waals surface area contributed by atoms with Crippen LogP contribution in [0.25, 0.3) is 0 Å². The lowest BCUT2D eigenvalue weighted by atomic mass is 10.3. The summed E-state index contributed by atoms with van der Waals surface area (Å²) in [6.45, 7) is 2.46. The minimum Gasteiger partial charge on any atom is -0.380 e. The Balaban J connectivity index is 2.37. The molecule has 16 heavy (non-hydrogen) atoms. The topological polar surface area (TPSA) is 44.1 Å². The zero-order valence-electron chi connectivity index (χ0n) is 9.44. The van der Waals surface area contributed by atoms with Crippen molar-refractivity contribution in [3.63, 3.8) is 0 Å². The van der Waals surface area contributed by atoms with Crippen LogP contribution in [0, 0.1) is 0 Å². The number of aromatic nitrogens is 2. The first-order chi connectivity index (χ1) is 7.61. The molecule has 0 amide bonds. The summed E-state index contributed by atoms with van der Waals surface area (Å²) in [5, 5.41) is 0.285. The van der Waals surface area contributed by atoms with Gasteiger partial charge in [0.2, 0.25) is 0 Å². The number of methoxy groups -OCH3 is 1. The Bertz CT molecular complexity index is 440. The molecular formula is C11H15ClN2O2. The molecule has 1 saturated carbocycles. The van der Waals surface area contributed by atoms with E-state index in [1.165, 1.54) is 6.07 Å². The van der Waals surface area contributed by atoms with E-state index in [2.05, 4.69) is 4.98 Å². The molecule has 0 aromatic carbocycles. The molecule has 5 heteroatoms. The minimum absolute atomic E-state index is 0.00169. The van der Waals surface area contributed by atoms with Crippen molar-refractivity contribution in [3.8, 4) is 0 Å². The predicted octanol–water partition coefficient (Wildman–Crippen LogP) is 1.81. The molecule has 1 aromatic rings. The van der Waals surface area contributed by atoms with Gasteiger partial charge >= 0.3 is 0 Å². The van der Waals surface area contributed by atoms with Crippen molar-refractivity contribution < 1.29 is 4.74 Å². The molecule has 1 unspecified atom stereocenters. The second kappa shape index (κ2) is 4.55. The van der Waals surface area contributed by atoms with Gasteiger partial charge in [-0.1, -0.05) is 11.6 Å². The Kier molecular flexibility index (Phi) is 3.30. The molecule has 1 fully saturated rings. The molecule has 4 nitrogen and oxygen atoms in total. The first kappa shape index (κ1) is 11.6. The molecule has 0 N–H and O–H groups in total. The van der Waals surface area contributed by atoms with Crippen molar-refractivity contribution in [2.24, 2.45) is 0 Å². The van der Waals surface area contributed by atoms with Crippen LogP contribution < -0.4 is 5.56 Å². The van der Waals surface area contributed by atoms with Gasteiger partial charge in [-0.2, -0.15) is 0 Å². The van der Waals surface area contributed by atoms with Crippen molar-refractivity contribution in [2.75, 3.05) is 7.11 Å². The average Bonchev–Trinajstić information content (AvgIpc) is 3.04. The number of rotatable bonds is 4. The average molecular weight is 243 g/mol. The Morgan fingerprint density at radius 1 is 1.69 bits per heavy atom.